The first-order chi connectivity index (χ1) is 16.1. The molecule has 3 aromatic carbocycles. The molecule has 0 bridgehead atoms. The molecule has 0 fully saturated rings. The molecule has 0 amide bonds. The van der Waals surface area contributed by atoms with Gasteiger partial charge in [0.25, 0.3) is 0 Å². The van der Waals surface area contributed by atoms with E-state index >= 15 is 0 Å². The van der Waals surface area contributed by atoms with E-state index in [2.05, 4.69) is 11.1 Å². The average Bonchev–Trinajstić information content (AvgIpc) is 2.87. The van der Waals surface area contributed by atoms with E-state index in [9.17, 15) is 5.26 Å². The number of aromatic nitrogens is 1. The zero-order chi connectivity index (χ0) is 23.2. The van der Waals surface area contributed by atoms with E-state index in [1.807, 2.05) is 78.9 Å². The van der Waals surface area contributed by atoms with E-state index in [0.717, 1.165) is 16.7 Å². The fourth-order valence-corrected chi connectivity index (χ4v) is 3.55. The summed E-state index contributed by atoms with van der Waals surface area (Å²) in [6.45, 7) is 0.449. The summed E-state index contributed by atoms with van der Waals surface area (Å²) >= 11 is 0. The van der Waals surface area contributed by atoms with Gasteiger partial charge in [0.1, 0.15) is 29.8 Å². The number of methoxy groups -OCH3 is 2. The van der Waals surface area contributed by atoms with Crippen LogP contribution in [0.4, 0.5) is 5.82 Å². The highest BCUT2D eigenvalue weighted by atomic mass is 16.5. The van der Waals surface area contributed by atoms with E-state index in [1.54, 1.807) is 14.2 Å². The Kier molecular flexibility index (Phi) is 6.42. The molecule has 2 N–H and O–H groups in total. The second kappa shape index (κ2) is 9.75. The number of hydrogen-bond acceptors (Lipinski definition) is 6. The first-order valence-corrected chi connectivity index (χ1v) is 10.3. The number of benzene rings is 3. The minimum absolute atomic E-state index is 0.162. The van der Waals surface area contributed by atoms with Gasteiger partial charge < -0.3 is 19.9 Å². The lowest BCUT2D eigenvalue weighted by molar-refractivity contribution is 0.306. The fourth-order valence-electron chi connectivity index (χ4n) is 3.55. The van der Waals surface area contributed by atoms with E-state index in [1.165, 1.54) is 0 Å². The van der Waals surface area contributed by atoms with Crippen LogP contribution < -0.4 is 19.9 Å². The van der Waals surface area contributed by atoms with Gasteiger partial charge >= 0.3 is 0 Å². The number of hydrogen-bond donors (Lipinski definition) is 1. The molecule has 0 radical (unpaired) electrons. The molecule has 0 atom stereocenters. The number of nitrogens with zero attached hydrogens (tertiary/aromatic N) is 2. The van der Waals surface area contributed by atoms with Crippen molar-refractivity contribution in [3.63, 3.8) is 0 Å². The van der Waals surface area contributed by atoms with Crippen LogP contribution in [0, 0.1) is 11.3 Å². The molecule has 4 rings (SSSR count). The zero-order valence-corrected chi connectivity index (χ0v) is 18.4. The van der Waals surface area contributed by atoms with Crippen LogP contribution >= 0.6 is 0 Å². The minimum atomic E-state index is 0.162. The van der Waals surface area contributed by atoms with E-state index in [4.69, 9.17) is 19.9 Å². The van der Waals surface area contributed by atoms with Crippen LogP contribution in [-0.2, 0) is 6.61 Å². The summed E-state index contributed by atoms with van der Waals surface area (Å²) in [5.41, 5.74) is 10.5. The third-order valence-corrected chi connectivity index (χ3v) is 5.23. The summed E-state index contributed by atoms with van der Waals surface area (Å²) in [5.74, 6) is 2.06. The quantitative estimate of drug-likeness (QED) is 0.413. The van der Waals surface area contributed by atoms with Crippen molar-refractivity contribution in [1.82, 2.24) is 4.98 Å². The summed E-state index contributed by atoms with van der Waals surface area (Å²) in [4.78, 5) is 4.46. The van der Waals surface area contributed by atoms with Crippen molar-refractivity contribution in [2.75, 3.05) is 20.0 Å². The predicted octanol–water partition coefficient (Wildman–Crippen LogP) is 5.47. The Hall–Kier alpha value is -4.50. The molecule has 0 saturated heterocycles. The third-order valence-electron chi connectivity index (χ3n) is 5.23. The van der Waals surface area contributed by atoms with Gasteiger partial charge in [-0.3, -0.25) is 0 Å². The molecule has 164 valence electrons. The number of anilines is 1. The van der Waals surface area contributed by atoms with Gasteiger partial charge in [0.05, 0.1) is 19.9 Å². The maximum atomic E-state index is 9.76. The standard InChI is InChI=1S/C27H23N3O3/c1-31-25-12-11-20(14-26(25)32-2)24-15-22(23(16-28)27(29)30-24)19-9-6-10-21(13-19)33-17-18-7-4-3-5-8-18/h3-15H,17H2,1-2H3,(H2,29,30). The lowest BCUT2D eigenvalue weighted by Crippen LogP contribution is -2.00. The third kappa shape index (κ3) is 4.73. The van der Waals surface area contributed by atoms with Gasteiger partial charge in [0, 0.05) is 11.1 Å². The molecule has 6 heteroatoms. The lowest BCUT2D eigenvalue weighted by atomic mass is 9.98. The maximum absolute atomic E-state index is 9.76. The minimum Gasteiger partial charge on any atom is -0.493 e. The van der Waals surface area contributed by atoms with Crippen molar-refractivity contribution < 1.29 is 14.2 Å². The highest BCUT2D eigenvalue weighted by molar-refractivity contribution is 5.81. The number of nitrogen functional groups attached to an aromatic ring is 1. The molecule has 0 aliphatic heterocycles. The van der Waals surface area contributed by atoms with Crippen molar-refractivity contribution in [3.05, 3.63) is 90.0 Å². The van der Waals surface area contributed by atoms with Gasteiger partial charge in [-0.05, 0) is 47.5 Å². The van der Waals surface area contributed by atoms with Crippen LogP contribution in [0.25, 0.3) is 22.4 Å². The van der Waals surface area contributed by atoms with Crippen molar-refractivity contribution in [3.8, 4) is 45.7 Å². The number of nitrogens with two attached hydrogens (primary N) is 1. The van der Waals surface area contributed by atoms with Crippen LogP contribution in [0.5, 0.6) is 17.2 Å². The van der Waals surface area contributed by atoms with Crippen LogP contribution in [0.15, 0.2) is 78.9 Å². The van der Waals surface area contributed by atoms with Crippen LogP contribution in [0.1, 0.15) is 11.1 Å². The number of nitriles is 1. The van der Waals surface area contributed by atoms with Crippen molar-refractivity contribution in [2.24, 2.45) is 0 Å². The predicted molar refractivity (Wildman–Crippen MR) is 128 cm³/mol. The molecule has 0 saturated carbocycles. The van der Waals surface area contributed by atoms with Crippen molar-refractivity contribution in [1.29, 1.82) is 5.26 Å². The Labute approximate surface area is 192 Å². The second-order valence-electron chi connectivity index (χ2n) is 7.30. The molecule has 33 heavy (non-hydrogen) atoms. The zero-order valence-electron chi connectivity index (χ0n) is 18.4. The van der Waals surface area contributed by atoms with Gasteiger partial charge in [-0.25, -0.2) is 4.98 Å². The molecule has 1 aromatic heterocycles. The van der Waals surface area contributed by atoms with Gasteiger partial charge in [-0.2, -0.15) is 5.26 Å². The summed E-state index contributed by atoms with van der Waals surface area (Å²) in [6.07, 6.45) is 0. The Bertz CT molecular complexity index is 1310. The molecule has 0 unspecified atom stereocenters. The molecular weight excluding hydrogens is 414 g/mol. The highest BCUT2D eigenvalue weighted by Gasteiger charge is 2.15. The topological polar surface area (TPSA) is 90.4 Å². The number of ether oxygens (including phenoxy) is 3. The normalized spacial score (nSPS) is 10.3. The summed E-state index contributed by atoms with van der Waals surface area (Å²) in [5, 5.41) is 9.76. The highest BCUT2D eigenvalue weighted by Crippen LogP contribution is 2.36. The molecule has 1 heterocycles. The van der Waals surface area contributed by atoms with E-state index in [-0.39, 0.29) is 5.82 Å². The van der Waals surface area contributed by atoms with E-state index < -0.39 is 0 Å². The molecule has 4 aromatic rings. The molecule has 0 aliphatic rings. The first kappa shape index (κ1) is 21.7. The number of pyridine rings is 1. The van der Waals surface area contributed by atoms with Crippen LogP contribution in [0.3, 0.4) is 0 Å². The maximum Gasteiger partial charge on any atom is 0.161 e. The van der Waals surface area contributed by atoms with Crippen LogP contribution in [-0.4, -0.2) is 19.2 Å². The lowest BCUT2D eigenvalue weighted by Gasteiger charge is -2.13. The number of rotatable bonds is 7. The van der Waals surface area contributed by atoms with Crippen LogP contribution in [0.2, 0.25) is 0 Å². The first-order valence-electron chi connectivity index (χ1n) is 10.3. The monoisotopic (exact) mass is 437 g/mol. The smallest absolute Gasteiger partial charge is 0.161 e. The van der Waals surface area contributed by atoms with Gasteiger partial charge in [0.2, 0.25) is 0 Å². The Morgan fingerprint density at radius 3 is 2.36 bits per heavy atom. The van der Waals surface area contributed by atoms with Crippen molar-refractivity contribution in [2.45, 2.75) is 6.61 Å². The second-order valence-corrected chi connectivity index (χ2v) is 7.30. The van der Waals surface area contributed by atoms with E-state index in [0.29, 0.717) is 40.7 Å². The summed E-state index contributed by atoms with van der Waals surface area (Å²) < 4.78 is 16.7. The summed E-state index contributed by atoms with van der Waals surface area (Å²) in [6, 6.07) is 27.1. The molecule has 6 nitrogen and oxygen atoms in total. The Morgan fingerprint density at radius 1 is 0.848 bits per heavy atom. The molecular formula is C27H23N3O3. The van der Waals surface area contributed by atoms with Gasteiger partial charge in [0.15, 0.2) is 11.5 Å². The molecule has 0 aliphatic carbocycles. The summed E-state index contributed by atoms with van der Waals surface area (Å²) in [7, 11) is 3.16. The Morgan fingerprint density at radius 2 is 1.64 bits per heavy atom. The molecule has 0 spiro atoms. The van der Waals surface area contributed by atoms with Gasteiger partial charge in [-0.15, -0.1) is 0 Å². The fraction of sp³-hybridized carbons (Fsp3) is 0.111. The SMILES string of the molecule is COc1ccc(-c2cc(-c3cccc(OCc4ccccc4)c3)c(C#N)c(N)n2)cc1OC. The van der Waals surface area contributed by atoms with Gasteiger partial charge in [-0.1, -0.05) is 42.5 Å². The Balaban J connectivity index is 1.72. The largest absolute Gasteiger partial charge is 0.493 e. The van der Waals surface area contributed by atoms with Crippen molar-refractivity contribution >= 4 is 5.82 Å². The average molecular weight is 437 g/mol.